The Morgan fingerprint density at radius 3 is 3.11 bits per heavy atom. The summed E-state index contributed by atoms with van der Waals surface area (Å²) in [4.78, 5) is 14.4. The summed E-state index contributed by atoms with van der Waals surface area (Å²) in [5.41, 5.74) is 7.65. The molecule has 5 N–H and O–H groups in total. The fraction of sp³-hybridized carbons (Fsp3) is 0.0769. The monoisotopic (exact) mass is 256 g/mol. The lowest BCUT2D eigenvalue weighted by molar-refractivity contribution is 0.347. The summed E-state index contributed by atoms with van der Waals surface area (Å²) in [6.07, 6.45) is 7.48. The molecule has 0 aromatic carbocycles. The number of allylic oxidation sites excluding steroid dienone is 3. The number of nitrogen functional groups attached to an aromatic ring is 1. The lowest BCUT2D eigenvalue weighted by Crippen LogP contribution is -2.24. The molecule has 0 spiro atoms. The maximum absolute atomic E-state index is 11.8. The molecule has 0 atom stereocenters. The van der Waals surface area contributed by atoms with Crippen LogP contribution in [0.1, 0.15) is 11.1 Å². The molecule has 1 aromatic heterocycles. The maximum Gasteiger partial charge on any atom is 0.261 e. The Morgan fingerprint density at radius 1 is 1.47 bits per heavy atom. The van der Waals surface area contributed by atoms with Gasteiger partial charge in [-0.15, -0.1) is 0 Å². The SMILES string of the molecule is N=C(N)c1cc2c([nH]c1=O)OCC=C1NC=CC=C12. The number of H-pyrrole nitrogens is 1. The summed E-state index contributed by atoms with van der Waals surface area (Å²) in [7, 11) is 0. The van der Waals surface area contributed by atoms with E-state index in [0.717, 1.165) is 11.3 Å². The van der Waals surface area contributed by atoms with Gasteiger partial charge >= 0.3 is 0 Å². The predicted molar refractivity (Wildman–Crippen MR) is 71.9 cm³/mol. The summed E-state index contributed by atoms with van der Waals surface area (Å²) >= 11 is 0. The van der Waals surface area contributed by atoms with Crippen LogP contribution in [0.2, 0.25) is 0 Å². The van der Waals surface area contributed by atoms with E-state index in [1.807, 2.05) is 24.4 Å². The zero-order valence-corrected chi connectivity index (χ0v) is 9.99. The number of nitrogens with two attached hydrogens (primary N) is 1. The van der Waals surface area contributed by atoms with Crippen LogP contribution < -0.4 is 21.3 Å². The third-order valence-electron chi connectivity index (χ3n) is 2.99. The lowest BCUT2D eigenvalue weighted by Gasteiger charge is -2.15. The molecule has 0 saturated heterocycles. The predicted octanol–water partition coefficient (Wildman–Crippen LogP) is 0.436. The Morgan fingerprint density at radius 2 is 2.32 bits per heavy atom. The number of hydrogen-bond acceptors (Lipinski definition) is 4. The molecule has 3 rings (SSSR count). The topological polar surface area (TPSA) is 104 Å². The number of nitrogens with one attached hydrogen (secondary N) is 3. The molecule has 96 valence electrons. The van der Waals surface area contributed by atoms with Crippen molar-refractivity contribution < 1.29 is 4.74 Å². The lowest BCUT2D eigenvalue weighted by atomic mass is 10.00. The largest absolute Gasteiger partial charge is 0.474 e. The van der Waals surface area contributed by atoms with Gasteiger partial charge in [0.05, 0.1) is 5.56 Å². The van der Waals surface area contributed by atoms with E-state index in [2.05, 4.69) is 10.3 Å². The maximum atomic E-state index is 11.8. The molecule has 0 aliphatic carbocycles. The first-order valence-corrected chi connectivity index (χ1v) is 5.75. The van der Waals surface area contributed by atoms with Crippen LogP contribution in [-0.2, 0) is 0 Å². The molecule has 0 amide bonds. The van der Waals surface area contributed by atoms with Crippen molar-refractivity contribution in [1.29, 1.82) is 5.41 Å². The number of pyridine rings is 1. The van der Waals surface area contributed by atoms with Gasteiger partial charge in [-0.05, 0) is 18.2 Å². The van der Waals surface area contributed by atoms with Gasteiger partial charge in [-0.2, -0.15) is 0 Å². The van der Waals surface area contributed by atoms with Crippen molar-refractivity contribution in [1.82, 2.24) is 10.3 Å². The van der Waals surface area contributed by atoms with Crippen LogP contribution in [0.3, 0.4) is 0 Å². The molecule has 0 saturated carbocycles. The van der Waals surface area contributed by atoms with Gasteiger partial charge in [0.15, 0.2) is 0 Å². The van der Waals surface area contributed by atoms with E-state index in [1.165, 1.54) is 0 Å². The van der Waals surface area contributed by atoms with E-state index >= 15 is 0 Å². The minimum absolute atomic E-state index is 0.138. The highest BCUT2D eigenvalue weighted by molar-refractivity contribution is 5.96. The fourth-order valence-corrected chi connectivity index (χ4v) is 2.09. The van der Waals surface area contributed by atoms with Gasteiger partial charge in [-0.25, -0.2) is 0 Å². The molecule has 0 unspecified atom stereocenters. The van der Waals surface area contributed by atoms with Crippen molar-refractivity contribution in [2.24, 2.45) is 5.73 Å². The second-order valence-corrected chi connectivity index (χ2v) is 4.18. The second kappa shape index (κ2) is 4.16. The molecular formula is C13H12N4O2. The standard InChI is InChI=1S/C13H12N4O2/c14-11(15)9-6-8-7-2-1-4-16-10(7)3-5-19-13(8)17-12(9)18/h1-4,6,16H,5H2,(H3,14,15)(H,17,18). The van der Waals surface area contributed by atoms with Gasteiger partial charge in [0.2, 0.25) is 5.88 Å². The Balaban J connectivity index is 2.26. The molecule has 0 bridgehead atoms. The highest BCUT2D eigenvalue weighted by Gasteiger charge is 2.20. The van der Waals surface area contributed by atoms with Crippen LogP contribution in [0.25, 0.3) is 5.57 Å². The first-order chi connectivity index (χ1) is 9.16. The first-order valence-electron chi connectivity index (χ1n) is 5.75. The van der Waals surface area contributed by atoms with Crippen molar-refractivity contribution in [3.05, 3.63) is 57.7 Å². The number of fused-ring (bicyclic) bond motifs is 3. The Labute approximate surface area is 108 Å². The van der Waals surface area contributed by atoms with Crippen molar-refractivity contribution in [3.8, 4) is 5.88 Å². The molecule has 19 heavy (non-hydrogen) atoms. The minimum Gasteiger partial charge on any atom is -0.474 e. The molecule has 2 aliphatic heterocycles. The minimum atomic E-state index is -0.422. The summed E-state index contributed by atoms with van der Waals surface area (Å²) in [6.45, 7) is 0.357. The van der Waals surface area contributed by atoms with E-state index < -0.39 is 5.56 Å². The molecule has 0 fully saturated rings. The van der Waals surface area contributed by atoms with Crippen LogP contribution >= 0.6 is 0 Å². The quantitative estimate of drug-likeness (QED) is 0.432. The van der Waals surface area contributed by atoms with Gasteiger partial charge in [0.25, 0.3) is 5.56 Å². The highest BCUT2D eigenvalue weighted by atomic mass is 16.5. The number of rotatable bonds is 1. The van der Waals surface area contributed by atoms with Crippen molar-refractivity contribution in [3.63, 3.8) is 0 Å². The van der Waals surface area contributed by atoms with Gasteiger partial charge < -0.3 is 15.8 Å². The number of hydrogen-bond donors (Lipinski definition) is 4. The fourth-order valence-electron chi connectivity index (χ4n) is 2.09. The van der Waals surface area contributed by atoms with E-state index in [4.69, 9.17) is 15.9 Å². The Kier molecular flexibility index (Phi) is 2.49. The zero-order chi connectivity index (χ0) is 13.4. The van der Waals surface area contributed by atoms with Gasteiger partial charge in [-0.1, -0.05) is 6.08 Å². The zero-order valence-electron chi connectivity index (χ0n) is 9.99. The number of ether oxygens (including phenoxy) is 1. The van der Waals surface area contributed by atoms with Crippen LogP contribution in [0.5, 0.6) is 5.88 Å². The number of amidine groups is 1. The van der Waals surface area contributed by atoms with E-state index in [0.29, 0.717) is 18.1 Å². The van der Waals surface area contributed by atoms with Crippen molar-refractivity contribution >= 4 is 11.4 Å². The third-order valence-corrected chi connectivity index (χ3v) is 2.99. The van der Waals surface area contributed by atoms with E-state index in [1.54, 1.807) is 6.07 Å². The normalized spacial score (nSPS) is 16.0. The molecule has 6 nitrogen and oxygen atoms in total. The number of aromatic amines is 1. The smallest absolute Gasteiger partial charge is 0.261 e. The van der Waals surface area contributed by atoms with Gasteiger partial charge in [-0.3, -0.25) is 15.2 Å². The van der Waals surface area contributed by atoms with Crippen LogP contribution in [0.15, 0.2) is 41.0 Å². The van der Waals surface area contributed by atoms with Crippen molar-refractivity contribution in [2.75, 3.05) is 6.61 Å². The Bertz CT molecular complexity index is 710. The summed E-state index contributed by atoms with van der Waals surface area (Å²) in [5, 5.41) is 10.6. The number of dihydropyridines is 1. The van der Waals surface area contributed by atoms with Crippen LogP contribution in [-0.4, -0.2) is 17.4 Å². The van der Waals surface area contributed by atoms with Crippen molar-refractivity contribution in [2.45, 2.75) is 0 Å². The summed E-state index contributed by atoms with van der Waals surface area (Å²) < 4.78 is 5.50. The van der Waals surface area contributed by atoms with E-state index in [-0.39, 0.29) is 11.4 Å². The molecule has 1 aromatic rings. The average molecular weight is 256 g/mol. The van der Waals surface area contributed by atoms with Crippen LogP contribution in [0, 0.1) is 5.41 Å². The average Bonchev–Trinajstić information content (AvgIpc) is 2.56. The summed E-state index contributed by atoms with van der Waals surface area (Å²) in [6, 6.07) is 1.59. The highest BCUT2D eigenvalue weighted by Crippen LogP contribution is 2.31. The Hall–Kier alpha value is -2.76. The summed E-state index contributed by atoms with van der Waals surface area (Å²) in [5.74, 6) is 0.128. The molecule has 3 heterocycles. The van der Waals surface area contributed by atoms with Crippen LogP contribution in [0.4, 0.5) is 0 Å². The molecule has 6 heteroatoms. The third kappa shape index (κ3) is 1.83. The first kappa shape index (κ1) is 11.3. The number of aromatic nitrogens is 1. The van der Waals surface area contributed by atoms with Gasteiger partial charge in [0.1, 0.15) is 12.4 Å². The molecular weight excluding hydrogens is 244 g/mol. The molecule has 2 aliphatic rings. The van der Waals surface area contributed by atoms with Gasteiger partial charge in [0, 0.05) is 23.0 Å². The second-order valence-electron chi connectivity index (χ2n) is 4.18. The van der Waals surface area contributed by atoms with E-state index in [9.17, 15) is 4.79 Å². The molecule has 0 radical (unpaired) electrons.